The van der Waals surface area contributed by atoms with Gasteiger partial charge in [0.2, 0.25) is 0 Å². The van der Waals surface area contributed by atoms with Crippen LogP contribution in [0.1, 0.15) is 31.3 Å². The molecule has 1 aromatic rings. The summed E-state index contributed by atoms with van der Waals surface area (Å²) in [7, 11) is 3.05. The van der Waals surface area contributed by atoms with Gasteiger partial charge < -0.3 is 9.88 Å². The highest BCUT2D eigenvalue weighted by Crippen LogP contribution is 2.18. The van der Waals surface area contributed by atoms with Crippen molar-refractivity contribution in [1.82, 2.24) is 9.88 Å². The molecule has 18 heavy (non-hydrogen) atoms. The zero-order valence-corrected chi connectivity index (χ0v) is 12.4. The molecule has 5 nitrogen and oxygen atoms in total. The van der Waals surface area contributed by atoms with Gasteiger partial charge in [0.15, 0.2) is 0 Å². The summed E-state index contributed by atoms with van der Waals surface area (Å²) in [5, 5.41) is 0. The van der Waals surface area contributed by atoms with E-state index >= 15 is 0 Å². The first-order valence-electron chi connectivity index (χ1n) is 5.39. The number of aromatic nitrogens is 1. The minimum atomic E-state index is -3.81. The summed E-state index contributed by atoms with van der Waals surface area (Å²) in [4.78, 5) is 16.1. The summed E-state index contributed by atoms with van der Waals surface area (Å²) in [6, 6.07) is 1.24. The number of H-pyrrole nitrogens is 1. The van der Waals surface area contributed by atoms with E-state index in [0.29, 0.717) is 6.54 Å². The number of amides is 1. The van der Waals surface area contributed by atoms with Crippen LogP contribution >= 0.6 is 10.7 Å². The summed E-state index contributed by atoms with van der Waals surface area (Å²) in [6.45, 7) is 6.61. The Balaban J connectivity index is 2.89. The van der Waals surface area contributed by atoms with Crippen LogP contribution in [0.25, 0.3) is 0 Å². The van der Waals surface area contributed by atoms with Gasteiger partial charge >= 0.3 is 0 Å². The molecule has 0 bridgehead atoms. The highest BCUT2D eigenvalue weighted by molar-refractivity contribution is 8.13. The van der Waals surface area contributed by atoms with Gasteiger partial charge in [-0.1, -0.05) is 20.8 Å². The lowest BCUT2D eigenvalue weighted by atomic mass is 9.96. The lowest BCUT2D eigenvalue weighted by molar-refractivity contribution is 0.0740. The van der Waals surface area contributed by atoms with Crippen LogP contribution in [0.5, 0.6) is 0 Å². The second kappa shape index (κ2) is 4.93. The normalized spacial score (nSPS) is 12.5. The average Bonchev–Trinajstić information content (AvgIpc) is 2.61. The van der Waals surface area contributed by atoms with Crippen LogP contribution in [0.2, 0.25) is 0 Å². The van der Waals surface area contributed by atoms with Gasteiger partial charge in [0.25, 0.3) is 15.0 Å². The topological polar surface area (TPSA) is 70.2 Å². The van der Waals surface area contributed by atoms with E-state index in [2.05, 4.69) is 4.98 Å². The van der Waals surface area contributed by atoms with E-state index in [9.17, 15) is 13.2 Å². The second-order valence-corrected chi connectivity index (χ2v) is 7.97. The van der Waals surface area contributed by atoms with Crippen LogP contribution in [0.3, 0.4) is 0 Å². The van der Waals surface area contributed by atoms with Crippen molar-refractivity contribution in [2.75, 3.05) is 13.6 Å². The van der Waals surface area contributed by atoms with Gasteiger partial charge in [0.05, 0.1) is 0 Å². The molecule has 7 heteroatoms. The summed E-state index contributed by atoms with van der Waals surface area (Å²) in [6.07, 6.45) is 1.21. The van der Waals surface area contributed by atoms with E-state index in [1.54, 1.807) is 7.05 Å². The molecule has 1 rings (SSSR count). The maximum atomic E-state index is 12.0. The monoisotopic (exact) mass is 292 g/mol. The largest absolute Gasteiger partial charge is 0.356 e. The number of carbonyl (C=O) groups excluding carboxylic acids is 1. The van der Waals surface area contributed by atoms with E-state index in [0.717, 1.165) is 0 Å². The van der Waals surface area contributed by atoms with Gasteiger partial charge in [-0.2, -0.15) is 0 Å². The Hall–Kier alpha value is -1.01. The zero-order valence-electron chi connectivity index (χ0n) is 10.8. The van der Waals surface area contributed by atoms with E-state index in [1.165, 1.54) is 17.2 Å². The van der Waals surface area contributed by atoms with Crippen molar-refractivity contribution in [1.29, 1.82) is 0 Å². The van der Waals surface area contributed by atoms with Crippen LogP contribution in [-0.4, -0.2) is 37.8 Å². The highest BCUT2D eigenvalue weighted by Gasteiger charge is 2.21. The van der Waals surface area contributed by atoms with Crippen molar-refractivity contribution in [3.63, 3.8) is 0 Å². The van der Waals surface area contributed by atoms with Crippen LogP contribution in [0.4, 0.5) is 0 Å². The standard InChI is InChI=1S/C11H17ClN2O3S/c1-11(2,3)7-14(4)10(15)9-5-8(6-13-9)18(12,16)17/h5-6,13H,7H2,1-4H3. The lowest BCUT2D eigenvalue weighted by Gasteiger charge is -2.26. The van der Waals surface area contributed by atoms with Crippen molar-refractivity contribution < 1.29 is 13.2 Å². The van der Waals surface area contributed by atoms with E-state index in [4.69, 9.17) is 10.7 Å². The molecule has 1 amide bonds. The molecular weight excluding hydrogens is 276 g/mol. The van der Waals surface area contributed by atoms with Crippen molar-refractivity contribution in [3.05, 3.63) is 18.0 Å². The molecule has 0 aromatic carbocycles. The average molecular weight is 293 g/mol. The molecule has 102 valence electrons. The van der Waals surface area contributed by atoms with Crippen LogP contribution < -0.4 is 0 Å². The Morgan fingerprint density at radius 1 is 1.44 bits per heavy atom. The SMILES string of the molecule is CN(CC(C)(C)C)C(=O)c1cc(S(=O)(=O)Cl)c[nH]1. The number of aromatic amines is 1. The minimum Gasteiger partial charge on any atom is -0.356 e. The van der Waals surface area contributed by atoms with Gasteiger partial charge in [0.1, 0.15) is 10.6 Å². The smallest absolute Gasteiger partial charge is 0.270 e. The fourth-order valence-corrected chi connectivity index (χ4v) is 2.35. The first kappa shape index (κ1) is 15.0. The first-order valence-corrected chi connectivity index (χ1v) is 7.70. The lowest BCUT2D eigenvalue weighted by Crippen LogP contribution is -2.34. The Kier molecular flexibility index (Phi) is 4.12. The third-order valence-corrected chi connectivity index (χ3v) is 3.56. The predicted molar refractivity (Wildman–Crippen MR) is 70.2 cm³/mol. The fourth-order valence-electron chi connectivity index (χ4n) is 1.63. The second-order valence-electron chi connectivity index (χ2n) is 5.41. The number of rotatable bonds is 3. The summed E-state index contributed by atoms with van der Waals surface area (Å²) < 4.78 is 22.2. The quantitative estimate of drug-likeness (QED) is 0.867. The molecule has 0 unspecified atom stereocenters. The van der Waals surface area contributed by atoms with Gasteiger partial charge in [-0.25, -0.2) is 8.42 Å². The summed E-state index contributed by atoms with van der Waals surface area (Å²) >= 11 is 0. The molecule has 1 N–H and O–H groups in total. The Morgan fingerprint density at radius 2 is 2.00 bits per heavy atom. The third kappa shape index (κ3) is 4.03. The number of hydrogen-bond donors (Lipinski definition) is 1. The van der Waals surface area contributed by atoms with E-state index in [-0.39, 0.29) is 21.9 Å². The fraction of sp³-hybridized carbons (Fsp3) is 0.545. The predicted octanol–water partition coefficient (Wildman–Crippen LogP) is 2.06. The number of nitrogens with one attached hydrogen (secondary N) is 1. The molecule has 0 aliphatic heterocycles. The molecule has 0 fully saturated rings. The Bertz CT molecular complexity index is 543. The van der Waals surface area contributed by atoms with Gasteiger partial charge in [0, 0.05) is 30.5 Å². The molecule has 0 spiro atoms. The maximum absolute atomic E-state index is 12.0. The van der Waals surface area contributed by atoms with Gasteiger partial charge in [-0.15, -0.1) is 0 Å². The van der Waals surface area contributed by atoms with Crippen molar-refractivity contribution >= 4 is 25.6 Å². The molecule has 0 saturated heterocycles. The van der Waals surface area contributed by atoms with Crippen LogP contribution in [-0.2, 0) is 9.05 Å². The van der Waals surface area contributed by atoms with Crippen LogP contribution in [0, 0.1) is 5.41 Å². The molecule has 0 saturated carbocycles. The highest BCUT2D eigenvalue weighted by atomic mass is 35.7. The number of hydrogen-bond acceptors (Lipinski definition) is 3. The molecule has 1 heterocycles. The zero-order chi connectivity index (χ0) is 14.1. The molecule has 0 radical (unpaired) electrons. The van der Waals surface area contributed by atoms with Gasteiger partial charge in [-0.3, -0.25) is 4.79 Å². The summed E-state index contributed by atoms with van der Waals surface area (Å²) in [5.74, 6) is -0.267. The number of nitrogens with zero attached hydrogens (tertiary/aromatic N) is 1. The van der Waals surface area contributed by atoms with Crippen molar-refractivity contribution in [3.8, 4) is 0 Å². The first-order chi connectivity index (χ1) is 8.00. The summed E-state index contributed by atoms with van der Waals surface area (Å²) in [5.41, 5.74) is 0.180. The molecule has 0 aliphatic rings. The van der Waals surface area contributed by atoms with E-state index < -0.39 is 9.05 Å². The molecular formula is C11H17ClN2O3S. The molecule has 1 aromatic heterocycles. The van der Waals surface area contributed by atoms with Crippen LogP contribution in [0.15, 0.2) is 17.2 Å². The maximum Gasteiger partial charge on any atom is 0.270 e. The van der Waals surface area contributed by atoms with Crippen molar-refractivity contribution in [2.45, 2.75) is 25.7 Å². The van der Waals surface area contributed by atoms with E-state index in [1.807, 2.05) is 20.8 Å². The number of halogens is 1. The Morgan fingerprint density at radius 3 is 2.39 bits per heavy atom. The van der Waals surface area contributed by atoms with Gasteiger partial charge in [-0.05, 0) is 11.5 Å². The van der Waals surface area contributed by atoms with Crippen molar-refractivity contribution in [2.24, 2.45) is 5.41 Å². The number of carbonyl (C=O) groups is 1. The molecule has 0 aliphatic carbocycles. The Labute approximate surface area is 112 Å². The minimum absolute atomic E-state index is 0.0294. The third-order valence-electron chi connectivity index (χ3n) is 2.23. The molecule has 0 atom stereocenters.